The summed E-state index contributed by atoms with van der Waals surface area (Å²) in [5.74, 6) is -1.78. The number of benzene rings is 1. The van der Waals surface area contributed by atoms with Crippen molar-refractivity contribution >= 4 is 51.4 Å². The predicted octanol–water partition coefficient (Wildman–Crippen LogP) is 4.52. The maximum absolute atomic E-state index is 13.6. The lowest BCUT2D eigenvalue weighted by Gasteiger charge is -2.03. The molecule has 2 N–H and O–H groups in total. The summed E-state index contributed by atoms with van der Waals surface area (Å²) in [6, 6.07) is 7.07. The second-order valence-electron chi connectivity index (χ2n) is 5.63. The largest absolute Gasteiger partial charge is 0.351 e. The highest BCUT2D eigenvalue weighted by molar-refractivity contribution is 8.00. The summed E-state index contributed by atoms with van der Waals surface area (Å²) in [5, 5.41) is 7.69. The number of anilines is 1. The number of thiophene rings is 1. The van der Waals surface area contributed by atoms with Crippen molar-refractivity contribution in [3.05, 3.63) is 52.2 Å². The topological polar surface area (TPSA) is 71.1 Å². The van der Waals surface area contributed by atoms with Crippen LogP contribution in [-0.4, -0.2) is 22.6 Å². The molecule has 0 fully saturated rings. The molecule has 2 amide bonds. The average Bonchev–Trinajstić information content (AvgIpc) is 3.28. The Labute approximate surface area is 172 Å². The first-order valence-electron chi connectivity index (χ1n) is 8.07. The van der Waals surface area contributed by atoms with Gasteiger partial charge in [-0.3, -0.25) is 9.59 Å². The number of nitrogens with zero attached hydrogens (tertiary/aromatic N) is 1. The van der Waals surface area contributed by atoms with E-state index in [1.54, 1.807) is 0 Å². The smallest absolute Gasteiger partial charge is 0.236 e. The predicted molar refractivity (Wildman–Crippen MR) is 109 cm³/mol. The fourth-order valence-electron chi connectivity index (χ4n) is 2.16. The molecule has 0 atom stereocenters. The number of nitrogens with one attached hydrogen (secondary N) is 2. The third-order valence-electron chi connectivity index (χ3n) is 3.43. The Kier molecular flexibility index (Phi) is 6.76. The van der Waals surface area contributed by atoms with Gasteiger partial charge in [-0.2, -0.15) is 0 Å². The first kappa shape index (κ1) is 20.4. The highest BCUT2D eigenvalue weighted by Gasteiger charge is 2.12. The summed E-state index contributed by atoms with van der Waals surface area (Å²) in [4.78, 5) is 29.6. The Bertz CT molecular complexity index is 1000. The van der Waals surface area contributed by atoms with Gasteiger partial charge in [0.05, 0.1) is 22.9 Å². The van der Waals surface area contributed by atoms with Gasteiger partial charge in [-0.05, 0) is 24.3 Å². The van der Waals surface area contributed by atoms with E-state index in [0.29, 0.717) is 11.7 Å². The maximum Gasteiger partial charge on any atom is 0.236 e. The Hall–Kier alpha value is -2.30. The zero-order valence-electron chi connectivity index (χ0n) is 14.6. The standard InChI is InChI=1S/C18H15F2N3O2S3/c1-10(24)21-7-12-3-5-16(28-12)14-8-27-18(22-14)23-17(25)9-26-15-4-2-11(19)6-13(15)20/h2-6,8H,7,9H2,1H3,(H,21,24)(H,22,23,25). The van der Waals surface area contributed by atoms with E-state index in [1.807, 2.05) is 17.5 Å². The monoisotopic (exact) mass is 439 g/mol. The van der Waals surface area contributed by atoms with Crippen LogP contribution in [-0.2, 0) is 16.1 Å². The number of thioether (sulfide) groups is 1. The van der Waals surface area contributed by atoms with E-state index in [2.05, 4.69) is 15.6 Å². The van der Waals surface area contributed by atoms with Gasteiger partial charge < -0.3 is 10.6 Å². The Morgan fingerprint density at radius 3 is 2.79 bits per heavy atom. The third kappa shape index (κ3) is 5.60. The second-order valence-corrected chi connectivity index (χ2v) is 8.67. The molecule has 2 aromatic heterocycles. The maximum atomic E-state index is 13.6. The van der Waals surface area contributed by atoms with Crippen molar-refractivity contribution in [3.63, 3.8) is 0 Å². The van der Waals surface area contributed by atoms with E-state index in [9.17, 15) is 18.4 Å². The fraction of sp³-hybridized carbons (Fsp3) is 0.167. The molecule has 3 rings (SSSR count). The minimum absolute atomic E-state index is 0.0165. The molecule has 1 aromatic carbocycles. The highest BCUT2D eigenvalue weighted by atomic mass is 32.2. The molecule has 5 nitrogen and oxygen atoms in total. The van der Waals surface area contributed by atoms with Crippen LogP contribution >= 0.6 is 34.4 Å². The van der Waals surface area contributed by atoms with Crippen molar-refractivity contribution in [1.82, 2.24) is 10.3 Å². The second kappa shape index (κ2) is 9.26. The van der Waals surface area contributed by atoms with Gasteiger partial charge in [0.15, 0.2) is 5.13 Å². The number of halogens is 2. The van der Waals surface area contributed by atoms with Gasteiger partial charge in [-0.15, -0.1) is 34.4 Å². The van der Waals surface area contributed by atoms with Crippen LogP contribution in [0.25, 0.3) is 10.6 Å². The number of amides is 2. The van der Waals surface area contributed by atoms with Gasteiger partial charge in [0.2, 0.25) is 11.8 Å². The van der Waals surface area contributed by atoms with E-state index in [0.717, 1.165) is 39.3 Å². The van der Waals surface area contributed by atoms with Crippen LogP contribution in [0.4, 0.5) is 13.9 Å². The molecular formula is C18H15F2N3O2S3. The molecule has 3 aromatic rings. The number of rotatable bonds is 7. The molecule has 0 unspecified atom stereocenters. The quantitative estimate of drug-likeness (QED) is 0.531. The van der Waals surface area contributed by atoms with Crippen LogP contribution < -0.4 is 10.6 Å². The lowest BCUT2D eigenvalue weighted by atomic mass is 10.3. The molecule has 10 heteroatoms. The van der Waals surface area contributed by atoms with Crippen LogP contribution in [0.3, 0.4) is 0 Å². The molecule has 0 aliphatic heterocycles. The Morgan fingerprint density at radius 2 is 2.04 bits per heavy atom. The van der Waals surface area contributed by atoms with Crippen LogP contribution in [0, 0.1) is 11.6 Å². The molecular weight excluding hydrogens is 424 g/mol. The van der Waals surface area contributed by atoms with Crippen molar-refractivity contribution in [2.24, 2.45) is 0 Å². The molecule has 28 heavy (non-hydrogen) atoms. The molecule has 0 radical (unpaired) electrons. The van der Waals surface area contributed by atoms with Gasteiger partial charge in [0.25, 0.3) is 0 Å². The Balaban J connectivity index is 1.55. The number of thiazole rings is 1. The van der Waals surface area contributed by atoms with Crippen LogP contribution in [0.1, 0.15) is 11.8 Å². The van der Waals surface area contributed by atoms with Crippen molar-refractivity contribution < 1.29 is 18.4 Å². The number of carbonyl (C=O) groups excluding carboxylic acids is 2. The summed E-state index contributed by atoms with van der Waals surface area (Å²) in [6.45, 7) is 1.93. The van der Waals surface area contributed by atoms with Gasteiger partial charge in [0, 0.05) is 28.1 Å². The molecule has 0 saturated carbocycles. The summed E-state index contributed by atoms with van der Waals surface area (Å²) in [5.41, 5.74) is 0.733. The van der Waals surface area contributed by atoms with E-state index in [-0.39, 0.29) is 22.5 Å². The third-order valence-corrected chi connectivity index (χ3v) is 6.34. The number of carbonyl (C=O) groups is 2. The molecule has 0 spiro atoms. The first-order chi connectivity index (χ1) is 13.4. The van der Waals surface area contributed by atoms with Crippen molar-refractivity contribution in [2.75, 3.05) is 11.1 Å². The number of aromatic nitrogens is 1. The van der Waals surface area contributed by atoms with Crippen molar-refractivity contribution in [3.8, 4) is 10.6 Å². The van der Waals surface area contributed by atoms with E-state index >= 15 is 0 Å². The van der Waals surface area contributed by atoms with Gasteiger partial charge in [-0.1, -0.05) is 0 Å². The van der Waals surface area contributed by atoms with Crippen molar-refractivity contribution in [2.45, 2.75) is 18.4 Å². The van der Waals surface area contributed by atoms with Crippen LogP contribution in [0.15, 0.2) is 40.6 Å². The fourth-order valence-corrected chi connectivity index (χ4v) is 4.59. The minimum atomic E-state index is -0.693. The summed E-state index contributed by atoms with van der Waals surface area (Å²) < 4.78 is 26.5. The molecule has 146 valence electrons. The van der Waals surface area contributed by atoms with E-state index < -0.39 is 11.6 Å². The van der Waals surface area contributed by atoms with Gasteiger partial charge in [0.1, 0.15) is 11.6 Å². The van der Waals surface area contributed by atoms with Gasteiger partial charge >= 0.3 is 0 Å². The first-order valence-corrected chi connectivity index (χ1v) is 10.8. The lowest BCUT2D eigenvalue weighted by Crippen LogP contribution is -2.17. The molecule has 2 heterocycles. The van der Waals surface area contributed by atoms with E-state index in [4.69, 9.17) is 0 Å². The lowest BCUT2D eigenvalue weighted by molar-refractivity contribution is -0.119. The summed E-state index contributed by atoms with van der Waals surface area (Å²) >= 11 is 3.79. The van der Waals surface area contributed by atoms with E-state index in [1.165, 1.54) is 35.7 Å². The average molecular weight is 440 g/mol. The summed E-state index contributed by atoms with van der Waals surface area (Å²) in [7, 11) is 0. The highest BCUT2D eigenvalue weighted by Crippen LogP contribution is 2.31. The van der Waals surface area contributed by atoms with Crippen LogP contribution in [0.5, 0.6) is 0 Å². The SMILES string of the molecule is CC(=O)NCc1ccc(-c2csc(NC(=O)CSc3ccc(F)cc3F)n2)s1. The van der Waals surface area contributed by atoms with Crippen LogP contribution in [0.2, 0.25) is 0 Å². The molecule has 0 bridgehead atoms. The summed E-state index contributed by atoms with van der Waals surface area (Å²) in [6.07, 6.45) is 0. The van der Waals surface area contributed by atoms with Gasteiger partial charge in [-0.25, -0.2) is 13.8 Å². The number of hydrogen-bond acceptors (Lipinski definition) is 6. The van der Waals surface area contributed by atoms with Crippen molar-refractivity contribution in [1.29, 1.82) is 0 Å². The zero-order chi connectivity index (χ0) is 20.1. The minimum Gasteiger partial charge on any atom is -0.351 e. The zero-order valence-corrected chi connectivity index (χ0v) is 17.1. The normalized spacial score (nSPS) is 10.7. The molecule has 0 aliphatic carbocycles. The Morgan fingerprint density at radius 1 is 1.21 bits per heavy atom. The molecule has 0 aliphatic rings. The molecule has 0 saturated heterocycles. The number of hydrogen-bond donors (Lipinski definition) is 2.